The molecule has 1 saturated heterocycles. The van der Waals surface area contributed by atoms with Gasteiger partial charge in [-0.05, 0) is 42.8 Å². The minimum atomic E-state index is -3.66. The fourth-order valence-electron chi connectivity index (χ4n) is 4.41. The number of carbonyl (C=O) groups excluding carboxylic acids is 4. The van der Waals surface area contributed by atoms with Crippen molar-refractivity contribution < 1.29 is 46.2 Å². The van der Waals surface area contributed by atoms with Crippen LogP contribution in [-0.4, -0.2) is 57.2 Å². The number of anilines is 4. The minimum absolute atomic E-state index is 0.0758. The summed E-state index contributed by atoms with van der Waals surface area (Å²) in [5.74, 6) is -10.3. The maximum atomic E-state index is 14.1. The normalized spacial score (nSPS) is 20.1. The molecule has 3 aliphatic rings. The van der Waals surface area contributed by atoms with Crippen molar-refractivity contribution in [2.45, 2.75) is 37.7 Å². The lowest BCUT2D eigenvalue weighted by Crippen LogP contribution is -2.31. The number of hydrogen-bond donors (Lipinski definition) is 1. The third kappa shape index (κ3) is 4.77. The molecule has 0 aliphatic carbocycles. The molecule has 0 unspecified atom stereocenters. The second kappa shape index (κ2) is 10.3. The lowest BCUT2D eigenvalue weighted by molar-refractivity contribution is -0.151. The highest BCUT2D eigenvalue weighted by Crippen LogP contribution is 2.46. The number of likely N-dealkylation sites (N-methyl/N-ethyl adjacent to an activating group) is 2. The van der Waals surface area contributed by atoms with Crippen molar-refractivity contribution >= 4 is 46.6 Å². The SMILES string of the molecule is CCCCOC(=O)[C@H]1CN(c2ccc3c(c2)C(F)(F)C(=O)N3C)C(=O)O1.CN1C(=O)C(F)(F)c2cc(N)ccc21. The van der Waals surface area contributed by atoms with E-state index in [-0.39, 0.29) is 41.5 Å². The second-order valence-electron chi connectivity index (χ2n) is 9.36. The van der Waals surface area contributed by atoms with Gasteiger partial charge in [0.05, 0.1) is 35.7 Å². The van der Waals surface area contributed by atoms with Crippen LogP contribution >= 0.6 is 0 Å². The number of rotatable bonds is 5. The van der Waals surface area contributed by atoms with E-state index in [4.69, 9.17) is 15.2 Å². The molecule has 1 atom stereocenters. The van der Waals surface area contributed by atoms with Crippen LogP contribution < -0.4 is 20.4 Å². The maximum Gasteiger partial charge on any atom is 0.415 e. The molecule has 2 aromatic rings. The van der Waals surface area contributed by atoms with Crippen LogP contribution in [0, 0.1) is 0 Å². The number of hydrogen-bond acceptors (Lipinski definition) is 7. The number of nitrogen functional groups attached to an aromatic ring is 1. The van der Waals surface area contributed by atoms with Crippen molar-refractivity contribution in [3.05, 3.63) is 47.5 Å². The van der Waals surface area contributed by atoms with E-state index in [1.165, 1.54) is 38.4 Å². The third-order valence-electron chi connectivity index (χ3n) is 6.68. The molecule has 5 rings (SSSR count). The summed E-state index contributed by atoms with van der Waals surface area (Å²) in [5, 5.41) is 0. The predicted molar refractivity (Wildman–Crippen MR) is 135 cm³/mol. The summed E-state index contributed by atoms with van der Waals surface area (Å²) in [5.41, 5.74) is 5.23. The number of halogens is 4. The average Bonchev–Trinajstić information content (AvgIpc) is 3.45. The van der Waals surface area contributed by atoms with Gasteiger partial charge in [0, 0.05) is 25.5 Å². The number of nitrogens with zero attached hydrogens (tertiary/aromatic N) is 3. The molecule has 3 aliphatic heterocycles. The molecule has 10 nitrogen and oxygen atoms in total. The molecule has 1 fully saturated rings. The molecule has 14 heteroatoms. The Morgan fingerprint density at radius 2 is 1.52 bits per heavy atom. The van der Waals surface area contributed by atoms with Gasteiger partial charge in [-0.1, -0.05) is 13.3 Å². The van der Waals surface area contributed by atoms with Gasteiger partial charge in [0.15, 0.2) is 0 Å². The van der Waals surface area contributed by atoms with Crippen molar-refractivity contribution in [3.8, 4) is 0 Å². The van der Waals surface area contributed by atoms with E-state index < -0.39 is 47.4 Å². The smallest absolute Gasteiger partial charge is 0.415 e. The Kier molecular flexibility index (Phi) is 7.39. The van der Waals surface area contributed by atoms with Crippen LogP contribution in [0.15, 0.2) is 36.4 Å². The van der Waals surface area contributed by atoms with E-state index in [0.29, 0.717) is 6.42 Å². The Hall–Kier alpha value is -4.36. The Labute approximate surface area is 226 Å². The van der Waals surface area contributed by atoms with Crippen molar-refractivity contribution in [2.24, 2.45) is 0 Å². The van der Waals surface area contributed by atoms with Gasteiger partial charge >= 0.3 is 35.7 Å². The van der Waals surface area contributed by atoms with Gasteiger partial charge in [-0.25, -0.2) is 9.59 Å². The molecule has 0 radical (unpaired) electrons. The highest BCUT2D eigenvalue weighted by molar-refractivity contribution is 6.07. The van der Waals surface area contributed by atoms with E-state index in [9.17, 15) is 36.7 Å². The second-order valence-corrected chi connectivity index (χ2v) is 9.36. The third-order valence-corrected chi connectivity index (χ3v) is 6.68. The van der Waals surface area contributed by atoms with Gasteiger partial charge in [-0.3, -0.25) is 14.5 Å². The fourth-order valence-corrected chi connectivity index (χ4v) is 4.41. The Balaban J connectivity index is 0.000000222. The van der Waals surface area contributed by atoms with Crippen LogP contribution in [-0.2, 0) is 35.7 Å². The zero-order valence-electron chi connectivity index (χ0n) is 21.8. The summed E-state index contributed by atoms with van der Waals surface area (Å²) in [4.78, 5) is 49.6. The monoisotopic (exact) mass is 566 g/mol. The van der Waals surface area contributed by atoms with Gasteiger partial charge in [0.25, 0.3) is 0 Å². The summed E-state index contributed by atoms with van der Waals surface area (Å²) < 4.78 is 64.9. The van der Waals surface area contributed by atoms with Crippen LogP contribution in [0.3, 0.4) is 0 Å². The lowest BCUT2D eigenvalue weighted by Gasteiger charge is -2.15. The summed E-state index contributed by atoms with van der Waals surface area (Å²) in [7, 11) is 2.58. The molecule has 0 bridgehead atoms. The van der Waals surface area contributed by atoms with Gasteiger partial charge < -0.3 is 25.0 Å². The predicted octanol–water partition coefficient (Wildman–Crippen LogP) is 3.76. The van der Waals surface area contributed by atoms with Gasteiger partial charge in [0.1, 0.15) is 0 Å². The molecule has 3 amide bonds. The molecule has 2 N–H and O–H groups in total. The summed E-state index contributed by atoms with van der Waals surface area (Å²) in [6.45, 7) is 2.03. The quantitative estimate of drug-likeness (QED) is 0.253. The first-order valence-electron chi connectivity index (χ1n) is 12.2. The van der Waals surface area contributed by atoms with Gasteiger partial charge in [0.2, 0.25) is 6.10 Å². The van der Waals surface area contributed by atoms with E-state index in [2.05, 4.69) is 0 Å². The Morgan fingerprint density at radius 1 is 0.975 bits per heavy atom. The number of unbranched alkanes of at least 4 members (excludes halogenated alkanes) is 1. The zero-order chi connectivity index (χ0) is 29.6. The van der Waals surface area contributed by atoms with Crippen LogP contribution in [0.1, 0.15) is 30.9 Å². The molecule has 3 heterocycles. The average molecular weight is 567 g/mol. The number of nitrogens with two attached hydrogens (primary N) is 1. The van der Waals surface area contributed by atoms with Crippen LogP contribution in [0.5, 0.6) is 0 Å². The Morgan fingerprint density at radius 3 is 2.10 bits per heavy atom. The van der Waals surface area contributed by atoms with Crippen LogP contribution in [0.4, 0.5) is 45.1 Å². The first-order valence-corrected chi connectivity index (χ1v) is 12.2. The molecular weight excluding hydrogens is 540 g/mol. The minimum Gasteiger partial charge on any atom is -0.463 e. The standard InChI is InChI=1S/C17H18F2N2O5.C9H8F2N2O/c1-3-4-7-25-14(22)13-9-21(16(24)26-13)10-5-6-12-11(8-10)17(18,19)15(23)20(12)2;1-13-7-3-2-5(12)4-6(7)9(10,11)8(13)14/h5-6,8,13H,3-4,7,9H2,1-2H3;2-4H,12H2,1H3/t13-;/m1./s1. The first kappa shape index (κ1) is 28.6. The summed E-state index contributed by atoms with van der Waals surface area (Å²) in [6, 6.07) is 7.88. The van der Waals surface area contributed by atoms with Crippen LogP contribution in [0.2, 0.25) is 0 Å². The molecule has 0 aromatic heterocycles. The van der Waals surface area contributed by atoms with E-state index in [0.717, 1.165) is 33.3 Å². The van der Waals surface area contributed by atoms with Crippen molar-refractivity contribution in [3.63, 3.8) is 0 Å². The van der Waals surface area contributed by atoms with Crippen molar-refractivity contribution in [1.82, 2.24) is 0 Å². The van der Waals surface area contributed by atoms with Crippen LogP contribution in [0.25, 0.3) is 0 Å². The van der Waals surface area contributed by atoms with Gasteiger partial charge in [-0.15, -0.1) is 0 Å². The van der Waals surface area contributed by atoms with E-state index in [1.807, 2.05) is 6.92 Å². The van der Waals surface area contributed by atoms with E-state index in [1.54, 1.807) is 0 Å². The lowest BCUT2D eigenvalue weighted by atomic mass is 10.1. The first-order chi connectivity index (χ1) is 18.7. The zero-order valence-corrected chi connectivity index (χ0v) is 21.8. The van der Waals surface area contributed by atoms with Crippen molar-refractivity contribution in [1.29, 1.82) is 0 Å². The highest BCUT2D eigenvalue weighted by Gasteiger charge is 2.53. The Bertz CT molecular complexity index is 1380. The molecule has 40 heavy (non-hydrogen) atoms. The fraction of sp³-hybridized carbons (Fsp3) is 0.385. The number of alkyl halides is 4. The molecule has 214 valence electrons. The number of carbonyl (C=O) groups is 4. The van der Waals surface area contributed by atoms with Crippen molar-refractivity contribution in [2.75, 3.05) is 47.7 Å². The molecule has 2 aromatic carbocycles. The number of amides is 3. The van der Waals surface area contributed by atoms with E-state index >= 15 is 0 Å². The van der Waals surface area contributed by atoms with Gasteiger partial charge in [-0.2, -0.15) is 17.6 Å². The number of benzene rings is 2. The maximum absolute atomic E-state index is 14.1. The number of cyclic esters (lactones) is 1. The summed E-state index contributed by atoms with van der Waals surface area (Å²) >= 11 is 0. The molecular formula is C26H26F4N4O6. The topological polar surface area (TPSA) is 122 Å². The highest BCUT2D eigenvalue weighted by atomic mass is 19.3. The summed E-state index contributed by atoms with van der Waals surface area (Å²) in [6.07, 6.45) is -0.404. The largest absolute Gasteiger partial charge is 0.463 e. The molecule has 0 spiro atoms. The number of ether oxygens (including phenoxy) is 2. The number of esters is 1. The number of fused-ring (bicyclic) bond motifs is 2. The molecule has 0 saturated carbocycles.